The largest absolute Gasteiger partial charge is 0.411 e. The Bertz CT molecular complexity index is 2930. The topological polar surface area (TPSA) is 201 Å². The Balaban J connectivity index is -0.0000000480. The van der Waals surface area contributed by atoms with E-state index in [0.717, 1.165) is 15.0 Å². The van der Waals surface area contributed by atoms with Crippen molar-refractivity contribution in [3.8, 4) is 0 Å². The molecule has 8 saturated heterocycles. The van der Waals surface area contributed by atoms with Crippen LogP contribution in [0.5, 0.6) is 0 Å². The van der Waals surface area contributed by atoms with Gasteiger partial charge in [0.05, 0.1) is 31.0 Å². The minimum Gasteiger partial charge on any atom is -0.411 e. The van der Waals surface area contributed by atoms with Crippen LogP contribution in [0, 0.1) is 131 Å². The van der Waals surface area contributed by atoms with Crippen molar-refractivity contribution in [3.05, 3.63) is 90.0 Å². The molecule has 0 bridgehead atoms. The Morgan fingerprint density at radius 3 is 0.748 bits per heavy atom. The number of methoxy groups -OCH3 is 2. The predicted octanol–water partition coefficient (Wildman–Crippen LogP) is 16.2. The molecule has 0 spiro atoms. The van der Waals surface area contributed by atoms with E-state index in [1.807, 2.05) is 95.6 Å². The van der Waals surface area contributed by atoms with Crippen LogP contribution in [0.15, 0.2) is 0 Å². The molecule has 35 atom stereocenters. The average Bonchev–Trinajstić information content (AvgIpc) is 1.65. The van der Waals surface area contributed by atoms with Gasteiger partial charge in [-0.15, -0.1) is 24.5 Å². The number of aliphatic hydroxyl groups excluding tert-OH is 2. The average molecular weight is 3020 g/mol. The number of quaternary nitrogens is 1. The Morgan fingerprint density at radius 2 is 0.604 bits per heavy atom. The zero-order chi connectivity index (χ0) is 98.0. The van der Waals surface area contributed by atoms with Crippen molar-refractivity contribution in [1.82, 2.24) is 0 Å². The summed E-state index contributed by atoms with van der Waals surface area (Å²) >= 11 is 14.2. The fraction of sp³-hybridized carbons (Fsp3) is 0.850. The van der Waals surface area contributed by atoms with Gasteiger partial charge in [0.15, 0.2) is 0 Å². The first-order valence-electron chi connectivity index (χ1n) is 40.3. The Morgan fingerprint density at radius 1 is 0.417 bits per heavy atom. The predicted molar refractivity (Wildman–Crippen MR) is 564 cm³/mol. The van der Waals surface area contributed by atoms with Crippen molar-refractivity contribution in [2.24, 2.45) is 35.5 Å². The summed E-state index contributed by atoms with van der Waals surface area (Å²) in [6.45, 7) is 72.3. The maximum absolute atomic E-state index is 13.4. The Hall–Kier alpha value is 14.0. The van der Waals surface area contributed by atoms with Gasteiger partial charge in [-0.2, -0.15) is 4.91 Å². The van der Waals surface area contributed by atoms with Gasteiger partial charge in [-0.25, -0.2) is 26.3 Å². The van der Waals surface area contributed by atoms with E-state index < -0.39 is 145 Å². The molecule has 3 N–H and O–H groups in total. The third kappa shape index (κ3) is 72.6. The van der Waals surface area contributed by atoms with E-state index in [1.165, 1.54) is 17.8 Å². The van der Waals surface area contributed by atoms with Crippen LogP contribution in [0.3, 0.4) is 0 Å². The van der Waals surface area contributed by atoms with Crippen LogP contribution in [0.25, 0.3) is 0 Å². The van der Waals surface area contributed by atoms with Gasteiger partial charge in [0, 0.05) is 507 Å². The minimum absolute atomic E-state index is 0. The molecule has 8 aliphatic rings. The van der Waals surface area contributed by atoms with E-state index in [2.05, 4.69) is 104 Å². The van der Waals surface area contributed by atoms with Gasteiger partial charge in [-0.3, -0.25) is 0 Å². The normalized spacial score (nSPS) is 35.1. The Kier molecular flexibility index (Phi) is 164. The molecule has 814 valence electrons. The van der Waals surface area contributed by atoms with Crippen molar-refractivity contribution in [1.29, 1.82) is 5.59 Å². The molecular formula is C80H160B8ClF7N2Ni4O16P5S8Y8-11. The van der Waals surface area contributed by atoms with Crippen molar-refractivity contribution < 1.29 is 437 Å². The molecule has 0 aromatic rings. The number of nitroso groups, excluding NO2 is 1. The van der Waals surface area contributed by atoms with Crippen LogP contribution >= 0.6 is 53.5 Å². The van der Waals surface area contributed by atoms with Crippen LogP contribution in [0.4, 0.5) is 30.8 Å². The standard InChI is InChI=1S/C9H16BFO2P.C9H16BO2.2C8H14BFO2P.2C8H13BFO.C8H14BO3.C7H11BFO2.C6H15FN.C2H7P.CH4ClP.2CH4.4CH3.HNO.4Ni.S8.8Y.H2/c1-6-7(11)8(10)13-9(6,2)5-12-14(3)4;1-5-9(3)6(2)7(11-4)8(10)12-9;2*1-4-8(2)6(12-13-3)5(10)7(9)11-8;2*1-4-8(3)5(2)6(10)7(9)11-8;1-5-6(11-3)7(9)12-8(5,2)4-10;1-4-5(9)6(8)11-7(4,2)3-10;1-4-8(7,5-2)6-3;2*1-3-2;;;;;;;1-2;;;;;1-3-5-7-8-6-4-2;;;;;;;;;/h6-8H,2,5H2,1,3-4H3;6-8H,3,5H2,1-2,4H3;2*5-7,13H,2,4H2,1,3H3;2*5-7H,3-4H2,1-2H3;5-7,10H,2,4H2,1,3H3;4-6,10H,2-3H2,1H3;4-6H2,1-3H3;3H,1-2H3;3H,1H3;2*1H4;4*1H3;1H;;;;;;;;;;;;;;1H/q8*-1;+1;;;;;4*-1;;;;;;;;;;;;;;;/t2*6-,7?,8-,9-;2*5?,6-,7-,8-;3*5-,6?,7-,8-;4-,5?,6-,7-;;;;;;;;;;;;;;;;;;;;;;;;/m11111111......................../s1/i;;;;;;;;;;;;;;;;;;;;;;;;;;;;;;;1+1D. The smallest absolute Gasteiger partial charge is 0.144 e. The molecule has 0 aromatic heterocycles. The van der Waals surface area contributed by atoms with E-state index >= 15 is 0 Å². The number of nitrogens with one attached hydrogen (secondary N) is 1. The second-order valence-corrected chi connectivity index (χ2v) is 46.0. The summed E-state index contributed by atoms with van der Waals surface area (Å²) in [5.74, 6) is -0.940. The number of hydrogen-bond acceptors (Lipinski definition) is 19. The molecule has 11 unspecified atom stereocenters. The van der Waals surface area contributed by atoms with Crippen molar-refractivity contribution >= 4 is 192 Å². The quantitative estimate of drug-likeness (QED) is 0.0275. The number of hydrogen-bond donors (Lipinski definition) is 3. The van der Waals surface area contributed by atoms with Crippen LogP contribution in [-0.2, 0) is 464 Å². The summed E-state index contributed by atoms with van der Waals surface area (Å²) in [7, 11) is 57.7. The summed E-state index contributed by atoms with van der Waals surface area (Å²) in [5, 5.41) is 17.8. The van der Waals surface area contributed by atoms with E-state index in [4.69, 9.17) is 153 Å². The molecule has 8 fully saturated rings. The van der Waals surface area contributed by atoms with Crippen molar-refractivity contribution in [3.63, 3.8) is 0 Å². The van der Waals surface area contributed by atoms with E-state index in [0.29, 0.717) is 59.9 Å². The zero-order valence-electron chi connectivity index (χ0n) is 87.1. The number of alkyl halides is 6. The van der Waals surface area contributed by atoms with Gasteiger partial charge in [0.1, 0.15) is 119 Å². The molecule has 0 saturated carbocycles. The second kappa shape index (κ2) is 111. The second-order valence-electron chi connectivity index (χ2n) is 29.7. The monoisotopic (exact) mass is 3020 g/mol. The zero-order valence-corrected chi connectivity index (χ0v) is 124. The molecule has 8 rings (SSSR count). The van der Waals surface area contributed by atoms with Gasteiger partial charge >= 0.3 is 0 Å². The van der Waals surface area contributed by atoms with Gasteiger partial charge in [-0.1, -0.05) is 146 Å². The fourth-order valence-corrected chi connectivity index (χ4v) is 25.1. The van der Waals surface area contributed by atoms with Gasteiger partial charge in [0.2, 0.25) is 0 Å². The molecule has 59 heteroatoms. The summed E-state index contributed by atoms with van der Waals surface area (Å²) in [4.78, 5) is 7.50. The first-order chi connectivity index (χ1) is 57.0. The van der Waals surface area contributed by atoms with Crippen LogP contribution < -0.4 is 0 Å². The summed E-state index contributed by atoms with van der Waals surface area (Å²) in [6, 6.07) is -6.03. The summed E-state index contributed by atoms with van der Waals surface area (Å²) in [6.07, 6.45) is -5.12. The SMILES string of the molecule is C.C.CC[N+](F)(CC)CC.CPC.CPCl.N=O.S=S=S=S=S=S=S=S.[2H][2H].[B][C@@H]1O[C@]([CH2-])(CC)[C@H](C)C1F.[B][C@@H]1O[C@]([CH2-])(CC)[C@H](C)C1F.[B][C@@H]1O[C@]([CH2-])(CC)[C@H](C)C1OC.[B][C@@H]1O[C@]([CH2-])(CC)[C@H](OPC)C1F.[B][C@@H]1O[C@]([CH2-])(CC)[C@H](OPC)C1F.[B][C@@H]1O[C@]([CH2-])(CO)[C@H](C)C1F.[B][C@@H]1O[C@]([CH2-])(CO)[C@H](C)C1OC.[B][C@@H]1O[C@]([CH2-])(COP(C)C)[C@H](C)C1F.[CH3-].[CH3-].[CH3-].[CH3-].[Ni].[Ni].[Ni].[Ni].[Y].[Y].[Y].[Y].[Y].[Y].[Y].[Y]. The van der Waals surface area contributed by atoms with E-state index in [-0.39, 0.29) is 461 Å². The molecule has 0 aromatic carbocycles. The molecule has 24 radical (unpaired) electrons. The Labute approximate surface area is 1140 Å². The number of nitrogens with zero attached hydrogens (tertiary/aromatic N) is 1. The van der Waals surface area contributed by atoms with E-state index in [1.54, 1.807) is 77.4 Å². The molecule has 139 heavy (non-hydrogen) atoms. The minimum atomic E-state index is -1.27. The van der Waals surface area contributed by atoms with Crippen molar-refractivity contribution in [2.75, 3.05) is 100 Å². The number of halogens is 8. The first kappa shape index (κ1) is 206. The van der Waals surface area contributed by atoms with Crippen LogP contribution in [0.2, 0.25) is 0 Å². The molecule has 18 nitrogen and oxygen atoms in total. The maximum Gasteiger partial charge on any atom is 0.144 e. The van der Waals surface area contributed by atoms with Gasteiger partial charge in [-0.05, 0) is 143 Å². The number of aliphatic hydroxyl groups is 2. The third-order valence-electron chi connectivity index (χ3n) is 22.0. The fourth-order valence-electron chi connectivity index (χ4n) is 12.4. The summed E-state index contributed by atoms with van der Waals surface area (Å²) in [5.41, 5.74) is -1.41. The number of rotatable bonds is 19. The van der Waals surface area contributed by atoms with Crippen LogP contribution in [0.1, 0.15) is 147 Å². The number of ether oxygens (including phenoxy) is 10. The summed E-state index contributed by atoms with van der Waals surface area (Å²) < 4.78 is 171. The first-order valence-corrected chi connectivity index (χ1v) is 58.1. The molecule has 8 aliphatic heterocycles. The maximum atomic E-state index is 13.4. The van der Waals surface area contributed by atoms with E-state index in [9.17, 15) is 30.8 Å². The van der Waals surface area contributed by atoms with Crippen molar-refractivity contribution in [2.45, 2.75) is 298 Å². The van der Waals surface area contributed by atoms with Gasteiger partial charge < -0.3 is 156 Å². The molecule has 0 amide bonds. The van der Waals surface area contributed by atoms with Crippen LogP contribution in [-0.4, -0.2) is 332 Å². The van der Waals surface area contributed by atoms with Gasteiger partial charge in [0.25, 0.3) is 0 Å². The molecule has 8 heterocycles. The molecular weight excluding hydrogens is 2860 g/mol. The third-order valence-corrected chi connectivity index (χ3v) is 34.7. The molecule has 0 aliphatic carbocycles.